The van der Waals surface area contributed by atoms with Gasteiger partial charge in [-0.2, -0.15) is 11.8 Å². The molecule has 0 radical (unpaired) electrons. The molecule has 0 bridgehead atoms. The SMILES string of the molecule is C=c1nc2cc/c(=C(/O)CSCCO)cc2[nH]1. The lowest BCUT2D eigenvalue weighted by Crippen LogP contribution is -2.07. The number of aromatic amines is 1. The second-order valence-corrected chi connectivity index (χ2v) is 4.74. The molecule has 1 heterocycles. The Hall–Kier alpha value is -1.46. The van der Waals surface area contributed by atoms with Crippen molar-refractivity contribution < 1.29 is 10.2 Å². The third-order valence-electron chi connectivity index (χ3n) is 2.34. The molecule has 0 amide bonds. The standard InChI is InChI=1S/C12H14N2O2S/c1-8-13-10-3-2-9(6-11(10)14-8)12(16)7-17-5-4-15/h2-3,6,14-16H,1,4-5,7H2/b12-9-. The summed E-state index contributed by atoms with van der Waals surface area (Å²) < 4.78 is 0. The highest BCUT2D eigenvalue weighted by molar-refractivity contribution is 7.99. The molecule has 2 rings (SSSR count). The van der Waals surface area contributed by atoms with Gasteiger partial charge in [0.1, 0.15) is 11.2 Å². The lowest BCUT2D eigenvalue weighted by atomic mass is 10.2. The van der Waals surface area contributed by atoms with Gasteiger partial charge in [-0.25, -0.2) is 4.98 Å². The predicted octanol–water partition coefficient (Wildman–Crippen LogP) is 0.365. The highest BCUT2D eigenvalue weighted by atomic mass is 32.2. The number of fused-ring (bicyclic) bond motifs is 1. The number of nitrogens with zero attached hydrogens (tertiary/aromatic N) is 1. The molecule has 1 aromatic carbocycles. The summed E-state index contributed by atoms with van der Waals surface area (Å²) in [5.74, 6) is 1.43. The first kappa shape index (κ1) is 12.0. The second-order valence-electron chi connectivity index (χ2n) is 3.64. The summed E-state index contributed by atoms with van der Waals surface area (Å²) in [5.41, 5.74) is 2.33. The van der Waals surface area contributed by atoms with Crippen LogP contribution < -0.4 is 10.7 Å². The lowest BCUT2D eigenvalue weighted by molar-refractivity contribution is 0.322. The zero-order valence-corrected chi connectivity index (χ0v) is 10.1. The van der Waals surface area contributed by atoms with Crippen molar-refractivity contribution in [1.82, 2.24) is 9.97 Å². The van der Waals surface area contributed by atoms with Gasteiger partial charge in [0.15, 0.2) is 0 Å². The third kappa shape index (κ3) is 2.81. The van der Waals surface area contributed by atoms with Crippen molar-refractivity contribution in [3.05, 3.63) is 28.9 Å². The first-order chi connectivity index (χ1) is 8.20. The maximum absolute atomic E-state index is 9.88. The number of thioether (sulfide) groups is 1. The van der Waals surface area contributed by atoms with Gasteiger partial charge in [-0.1, -0.05) is 6.58 Å². The van der Waals surface area contributed by atoms with Crippen molar-refractivity contribution in [2.45, 2.75) is 0 Å². The monoisotopic (exact) mass is 250 g/mol. The largest absolute Gasteiger partial charge is 0.511 e. The van der Waals surface area contributed by atoms with Gasteiger partial charge in [0.2, 0.25) is 0 Å². The van der Waals surface area contributed by atoms with Gasteiger partial charge in [-0.05, 0) is 18.2 Å². The zero-order chi connectivity index (χ0) is 12.3. The summed E-state index contributed by atoms with van der Waals surface area (Å²) >= 11 is 1.49. The van der Waals surface area contributed by atoms with E-state index in [4.69, 9.17) is 5.11 Å². The van der Waals surface area contributed by atoms with Gasteiger partial charge in [-0.3, -0.25) is 0 Å². The molecule has 0 saturated heterocycles. The summed E-state index contributed by atoms with van der Waals surface area (Å²) in [7, 11) is 0. The Morgan fingerprint density at radius 1 is 1.47 bits per heavy atom. The Morgan fingerprint density at radius 3 is 3.06 bits per heavy atom. The van der Waals surface area contributed by atoms with Crippen LogP contribution in [0.3, 0.4) is 0 Å². The highest BCUT2D eigenvalue weighted by Crippen LogP contribution is 2.06. The second kappa shape index (κ2) is 5.25. The average molecular weight is 250 g/mol. The Labute approximate surface area is 103 Å². The van der Waals surface area contributed by atoms with Crippen molar-refractivity contribution in [2.75, 3.05) is 18.1 Å². The number of imidazole rings is 1. The maximum Gasteiger partial charge on any atom is 0.123 e. The number of rotatable bonds is 4. The first-order valence-corrected chi connectivity index (χ1v) is 6.41. The Balaban J connectivity index is 2.33. The molecule has 0 atom stereocenters. The van der Waals surface area contributed by atoms with E-state index in [0.29, 0.717) is 22.7 Å². The minimum absolute atomic E-state index is 0.127. The molecule has 3 N–H and O–H groups in total. The average Bonchev–Trinajstić information content (AvgIpc) is 2.68. The number of aliphatic hydroxyl groups excluding tert-OH is 2. The summed E-state index contributed by atoms with van der Waals surface area (Å²) in [5, 5.41) is 19.3. The van der Waals surface area contributed by atoms with E-state index in [9.17, 15) is 5.11 Å². The number of hydrogen-bond donors (Lipinski definition) is 3. The normalized spacial score (nSPS) is 13.0. The minimum atomic E-state index is 0.127. The molecule has 2 aromatic rings. The molecule has 0 saturated carbocycles. The van der Waals surface area contributed by atoms with Crippen LogP contribution in [0.4, 0.5) is 0 Å². The fourth-order valence-corrected chi connectivity index (χ4v) is 2.19. The van der Waals surface area contributed by atoms with Crippen LogP contribution >= 0.6 is 11.8 Å². The topological polar surface area (TPSA) is 69.1 Å². The molecule has 0 unspecified atom stereocenters. The molecule has 0 aliphatic heterocycles. The molecule has 17 heavy (non-hydrogen) atoms. The molecule has 5 heteroatoms. The zero-order valence-electron chi connectivity index (χ0n) is 9.31. The van der Waals surface area contributed by atoms with Gasteiger partial charge >= 0.3 is 0 Å². The predicted molar refractivity (Wildman–Crippen MR) is 71.3 cm³/mol. The summed E-state index contributed by atoms with van der Waals surface area (Å²) in [6.45, 7) is 3.85. The van der Waals surface area contributed by atoms with Gasteiger partial charge in [-0.15, -0.1) is 0 Å². The molecule has 4 nitrogen and oxygen atoms in total. The van der Waals surface area contributed by atoms with Gasteiger partial charge in [0.05, 0.1) is 23.4 Å². The minimum Gasteiger partial charge on any atom is -0.511 e. The number of H-pyrrole nitrogens is 1. The smallest absolute Gasteiger partial charge is 0.123 e. The fourth-order valence-electron chi connectivity index (χ4n) is 1.56. The highest BCUT2D eigenvalue weighted by Gasteiger charge is 1.99. The quantitative estimate of drug-likeness (QED) is 0.686. The van der Waals surface area contributed by atoms with E-state index in [1.54, 1.807) is 0 Å². The Morgan fingerprint density at radius 2 is 2.29 bits per heavy atom. The molecule has 1 aromatic heterocycles. The van der Waals surface area contributed by atoms with Crippen molar-refractivity contribution in [2.24, 2.45) is 0 Å². The van der Waals surface area contributed by atoms with Crippen LogP contribution in [0.25, 0.3) is 23.4 Å². The van der Waals surface area contributed by atoms with Crippen LogP contribution in [0.15, 0.2) is 18.2 Å². The molecule has 0 spiro atoms. The number of nitrogens with one attached hydrogen (secondary N) is 1. The maximum atomic E-state index is 9.88. The van der Waals surface area contributed by atoms with E-state index in [1.807, 2.05) is 18.2 Å². The van der Waals surface area contributed by atoms with Gasteiger partial charge < -0.3 is 15.2 Å². The number of aliphatic hydroxyl groups is 2. The van der Waals surface area contributed by atoms with Crippen LogP contribution in [0, 0.1) is 0 Å². The van der Waals surface area contributed by atoms with E-state index < -0.39 is 0 Å². The van der Waals surface area contributed by atoms with E-state index in [0.717, 1.165) is 16.3 Å². The number of hydrogen-bond acceptors (Lipinski definition) is 4. The summed E-state index contributed by atoms with van der Waals surface area (Å²) in [6, 6.07) is 5.53. The lowest BCUT2D eigenvalue weighted by Gasteiger charge is -1.99. The van der Waals surface area contributed by atoms with E-state index in [1.165, 1.54) is 11.8 Å². The van der Waals surface area contributed by atoms with Crippen LogP contribution in [0.1, 0.15) is 0 Å². The van der Waals surface area contributed by atoms with Crippen LogP contribution in [0.5, 0.6) is 0 Å². The van der Waals surface area contributed by atoms with Crippen LogP contribution in [-0.4, -0.2) is 38.3 Å². The first-order valence-electron chi connectivity index (χ1n) is 5.26. The number of benzene rings is 1. The van der Waals surface area contributed by atoms with Crippen molar-refractivity contribution in [3.63, 3.8) is 0 Å². The molecule has 0 aliphatic carbocycles. The van der Waals surface area contributed by atoms with Crippen molar-refractivity contribution in [3.8, 4) is 0 Å². The third-order valence-corrected chi connectivity index (χ3v) is 3.29. The van der Waals surface area contributed by atoms with E-state index >= 15 is 0 Å². The Bertz CT molecular complexity index is 621. The molecular weight excluding hydrogens is 236 g/mol. The molecule has 0 aliphatic rings. The molecule has 90 valence electrons. The van der Waals surface area contributed by atoms with Gasteiger partial charge in [0, 0.05) is 11.0 Å². The molecular formula is C12H14N2O2S. The van der Waals surface area contributed by atoms with Gasteiger partial charge in [0.25, 0.3) is 0 Å². The number of aromatic nitrogens is 2. The summed E-state index contributed by atoms with van der Waals surface area (Å²) in [6.07, 6.45) is 0. The summed E-state index contributed by atoms with van der Waals surface area (Å²) in [4.78, 5) is 7.22. The van der Waals surface area contributed by atoms with Crippen molar-refractivity contribution in [1.29, 1.82) is 0 Å². The van der Waals surface area contributed by atoms with E-state index in [-0.39, 0.29) is 6.61 Å². The Kier molecular flexibility index (Phi) is 3.71. The molecule has 0 fully saturated rings. The fraction of sp³-hybridized carbons (Fsp3) is 0.250. The van der Waals surface area contributed by atoms with E-state index in [2.05, 4.69) is 16.5 Å². The van der Waals surface area contributed by atoms with Crippen LogP contribution in [0.2, 0.25) is 0 Å². The van der Waals surface area contributed by atoms with Crippen molar-refractivity contribution >= 4 is 35.1 Å². The van der Waals surface area contributed by atoms with Crippen LogP contribution in [-0.2, 0) is 0 Å².